The normalized spacial score (nSPS) is 21.2. The van der Waals surface area contributed by atoms with Gasteiger partial charge in [-0.25, -0.2) is 0 Å². The van der Waals surface area contributed by atoms with E-state index in [1.807, 2.05) is 58.0 Å². The number of carbonyl (C=O) groups excluding carboxylic acids is 2. The summed E-state index contributed by atoms with van der Waals surface area (Å²) in [5.41, 5.74) is 4.14. The van der Waals surface area contributed by atoms with Gasteiger partial charge in [0.1, 0.15) is 5.69 Å². The van der Waals surface area contributed by atoms with Gasteiger partial charge in [0.2, 0.25) is 5.91 Å². The van der Waals surface area contributed by atoms with Crippen molar-refractivity contribution in [1.82, 2.24) is 9.47 Å². The van der Waals surface area contributed by atoms with E-state index in [0.717, 1.165) is 48.9 Å². The van der Waals surface area contributed by atoms with E-state index in [9.17, 15) is 14.4 Å². The highest BCUT2D eigenvalue weighted by atomic mass is 16.2. The van der Waals surface area contributed by atoms with Crippen molar-refractivity contribution in [2.24, 2.45) is 11.8 Å². The molecule has 0 spiro atoms. The topological polar surface area (TPSA) is 71.4 Å². The largest absolute Gasteiger partial charge is 0.338 e. The van der Waals surface area contributed by atoms with Crippen LogP contribution in [0, 0.1) is 11.8 Å². The summed E-state index contributed by atoms with van der Waals surface area (Å²) in [6, 6.07) is 21.7. The Bertz CT molecular complexity index is 1360. The first kappa shape index (κ1) is 23.7. The third kappa shape index (κ3) is 4.73. The van der Waals surface area contributed by atoms with Crippen LogP contribution in [0.1, 0.15) is 60.5 Å². The Morgan fingerprint density at radius 1 is 0.784 bits per heavy atom. The van der Waals surface area contributed by atoms with Crippen molar-refractivity contribution < 1.29 is 9.59 Å². The predicted molar refractivity (Wildman–Crippen MR) is 145 cm³/mol. The van der Waals surface area contributed by atoms with Gasteiger partial charge >= 0.3 is 0 Å². The lowest BCUT2D eigenvalue weighted by Crippen LogP contribution is -2.49. The monoisotopic (exact) mass is 495 g/mol. The van der Waals surface area contributed by atoms with Gasteiger partial charge in [-0.05, 0) is 60.6 Å². The summed E-state index contributed by atoms with van der Waals surface area (Å²) < 4.78 is 1.84. The van der Waals surface area contributed by atoms with Gasteiger partial charge in [-0.2, -0.15) is 0 Å². The fraction of sp³-hybridized carbons (Fsp3) is 0.387. The predicted octanol–water partition coefficient (Wildman–Crippen LogP) is 5.29. The van der Waals surface area contributed by atoms with E-state index >= 15 is 0 Å². The molecule has 6 heteroatoms. The molecule has 2 amide bonds. The molecule has 6 rings (SSSR count). The minimum atomic E-state index is -0.118. The van der Waals surface area contributed by atoms with Crippen molar-refractivity contribution in [3.63, 3.8) is 0 Å². The van der Waals surface area contributed by atoms with Crippen molar-refractivity contribution >= 4 is 17.5 Å². The van der Waals surface area contributed by atoms with E-state index in [4.69, 9.17) is 0 Å². The van der Waals surface area contributed by atoms with Crippen LogP contribution in [0.5, 0.6) is 0 Å². The van der Waals surface area contributed by atoms with Gasteiger partial charge in [0.15, 0.2) is 0 Å². The number of carbonyl (C=O) groups is 2. The van der Waals surface area contributed by atoms with Crippen LogP contribution >= 0.6 is 0 Å². The second-order valence-corrected chi connectivity index (χ2v) is 10.9. The van der Waals surface area contributed by atoms with Gasteiger partial charge in [0.25, 0.3) is 11.5 Å². The minimum Gasteiger partial charge on any atom is -0.338 e. The van der Waals surface area contributed by atoms with E-state index in [2.05, 4.69) is 17.4 Å². The molecular weight excluding hydrogens is 462 g/mol. The Balaban J connectivity index is 1.17. The molecule has 1 aliphatic carbocycles. The number of hydrogen-bond donors (Lipinski definition) is 1. The fourth-order valence-electron chi connectivity index (χ4n) is 6.42. The lowest BCUT2D eigenvalue weighted by atomic mass is 9.83. The number of fused-ring (bicyclic) bond motifs is 4. The molecule has 1 saturated heterocycles. The molecule has 0 unspecified atom stereocenters. The van der Waals surface area contributed by atoms with Crippen LogP contribution in [-0.4, -0.2) is 34.4 Å². The number of benzene rings is 2. The highest BCUT2D eigenvalue weighted by Crippen LogP contribution is 2.36. The first-order valence-electron chi connectivity index (χ1n) is 13.6. The molecule has 2 atom stereocenters. The molecule has 2 aliphatic heterocycles. The number of hydrogen-bond acceptors (Lipinski definition) is 3. The summed E-state index contributed by atoms with van der Waals surface area (Å²) in [5, 5.41) is 2.92. The standard InChI is InChI=1S/C31H33N3O3/c35-29(24-9-5-2-6-10-24)32-27-15-16-28-26-17-21(19-34(28)31(27)37)18-33(20-26)30(36)25-13-11-23(12-14-25)22-7-3-1-4-8-22/h1,3-4,7-8,11-16,21,24,26H,2,5-6,9-10,17-20H2,(H,32,35)/t21-,26+/m0/s1. The molecule has 190 valence electrons. The van der Waals surface area contributed by atoms with E-state index < -0.39 is 0 Å². The van der Waals surface area contributed by atoms with Crippen molar-refractivity contribution in [3.8, 4) is 11.1 Å². The molecule has 2 bridgehead atoms. The summed E-state index contributed by atoms with van der Waals surface area (Å²) in [5.74, 6) is 0.372. The first-order chi connectivity index (χ1) is 18.1. The van der Waals surface area contributed by atoms with Gasteiger partial charge in [0.05, 0.1) is 0 Å². The molecule has 2 aromatic carbocycles. The lowest BCUT2D eigenvalue weighted by molar-refractivity contribution is -0.120. The summed E-state index contributed by atoms with van der Waals surface area (Å²) in [6.07, 6.45) is 6.13. The molecule has 1 N–H and O–H groups in total. The quantitative estimate of drug-likeness (QED) is 0.534. The van der Waals surface area contributed by atoms with Crippen molar-refractivity contribution in [2.45, 2.75) is 51.0 Å². The van der Waals surface area contributed by atoms with Gasteiger partial charge in [0, 0.05) is 42.7 Å². The molecule has 3 heterocycles. The number of aromatic nitrogens is 1. The molecule has 3 aliphatic rings. The molecule has 3 aromatic rings. The number of likely N-dealkylation sites (tertiary alicyclic amines) is 1. The molecule has 0 radical (unpaired) electrons. The summed E-state index contributed by atoms with van der Waals surface area (Å²) >= 11 is 0. The fourth-order valence-corrected chi connectivity index (χ4v) is 6.42. The maximum absolute atomic E-state index is 13.4. The van der Waals surface area contributed by atoms with Crippen LogP contribution in [0.15, 0.2) is 71.5 Å². The number of nitrogens with one attached hydrogen (secondary N) is 1. The molecule has 37 heavy (non-hydrogen) atoms. The maximum Gasteiger partial charge on any atom is 0.274 e. The number of pyridine rings is 1. The second kappa shape index (κ2) is 10.0. The van der Waals surface area contributed by atoms with Gasteiger partial charge < -0.3 is 14.8 Å². The van der Waals surface area contributed by atoms with Crippen LogP contribution in [0.2, 0.25) is 0 Å². The average Bonchev–Trinajstić information content (AvgIpc) is 2.95. The first-order valence-corrected chi connectivity index (χ1v) is 13.6. The van der Waals surface area contributed by atoms with Gasteiger partial charge in [-0.3, -0.25) is 14.4 Å². The smallest absolute Gasteiger partial charge is 0.274 e. The van der Waals surface area contributed by atoms with Crippen LogP contribution < -0.4 is 10.9 Å². The Hall–Kier alpha value is -3.67. The molecular formula is C31H33N3O3. The van der Waals surface area contributed by atoms with E-state index in [0.29, 0.717) is 30.9 Å². The van der Waals surface area contributed by atoms with Crippen LogP contribution in [-0.2, 0) is 11.3 Å². The average molecular weight is 496 g/mol. The minimum absolute atomic E-state index is 0.00916. The Morgan fingerprint density at radius 3 is 2.27 bits per heavy atom. The van der Waals surface area contributed by atoms with Crippen molar-refractivity contribution in [3.05, 3.63) is 88.3 Å². The van der Waals surface area contributed by atoms with Crippen molar-refractivity contribution in [2.75, 3.05) is 18.4 Å². The molecule has 6 nitrogen and oxygen atoms in total. The summed E-state index contributed by atoms with van der Waals surface area (Å²) in [4.78, 5) is 41.4. The van der Waals surface area contributed by atoms with Crippen LogP contribution in [0.25, 0.3) is 11.1 Å². The Labute approximate surface area is 217 Å². The van der Waals surface area contributed by atoms with Gasteiger partial charge in [-0.15, -0.1) is 0 Å². The maximum atomic E-state index is 13.4. The summed E-state index contributed by atoms with van der Waals surface area (Å²) in [6.45, 7) is 1.82. The van der Waals surface area contributed by atoms with E-state index in [-0.39, 0.29) is 35.1 Å². The van der Waals surface area contributed by atoms with Gasteiger partial charge in [-0.1, -0.05) is 61.7 Å². The van der Waals surface area contributed by atoms with Crippen LogP contribution in [0.3, 0.4) is 0 Å². The number of anilines is 1. The Morgan fingerprint density at radius 2 is 1.51 bits per heavy atom. The van der Waals surface area contributed by atoms with E-state index in [1.54, 1.807) is 6.07 Å². The third-order valence-corrected chi connectivity index (χ3v) is 8.36. The number of nitrogens with zero attached hydrogens (tertiary/aromatic N) is 2. The number of amides is 2. The number of piperidine rings is 1. The zero-order chi connectivity index (χ0) is 25.4. The highest BCUT2D eigenvalue weighted by molar-refractivity contribution is 5.95. The molecule has 2 fully saturated rings. The van der Waals surface area contributed by atoms with Crippen molar-refractivity contribution in [1.29, 1.82) is 0 Å². The van der Waals surface area contributed by atoms with Crippen LogP contribution in [0.4, 0.5) is 5.69 Å². The highest BCUT2D eigenvalue weighted by Gasteiger charge is 2.37. The third-order valence-electron chi connectivity index (χ3n) is 8.36. The molecule has 1 aromatic heterocycles. The molecule has 1 saturated carbocycles. The zero-order valence-electron chi connectivity index (χ0n) is 21.1. The van der Waals surface area contributed by atoms with E-state index in [1.165, 1.54) is 6.42 Å². The summed E-state index contributed by atoms with van der Waals surface area (Å²) in [7, 11) is 0. The Kier molecular flexibility index (Phi) is 6.41. The second-order valence-electron chi connectivity index (χ2n) is 10.9. The zero-order valence-corrected chi connectivity index (χ0v) is 21.1. The SMILES string of the molecule is O=C(Nc1ccc2n(c1=O)C[C@H]1C[C@@H]2CN(C(=O)c2ccc(-c3ccccc3)cc2)C1)C1CCCCC1. The lowest BCUT2D eigenvalue weighted by Gasteiger charge is -2.43. The number of rotatable bonds is 4.